The number of carbonyl (C=O) groups excluding carboxylic acids is 3. The van der Waals surface area contributed by atoms with E-state index in [1.165, 1.54) is 12.1 Å². The van der Waals surface area contributed by atoms with Gasteiger partial charge in [0.25, 0.3) is 0 Å². The molecule has 2 fully saturated rings. The Morgan fingerprint density at radius 3 is 2.28 bits per heavy atom. The molecule has 6 nitrogen and oxygen atoms in total. The van der Waals surface area contributed by atoms with Gasteiger partial charge in [0.1, 0.15) is 17.6 Å². The number of benzene rings is 3. The molecule has 1 N–H and O–H groups in total. The average Bonchev–Trinajstić information content (AvgIpc) is 3.75. The molecule has 4 atom stereocenters. The Kier molecular flexibility index (Phi) is 7.71. The molecular weight excluding hydrogens is 519 g/mol. The van der Waals surface area contributed by atoms with Gasteiger partial charge < -0.3 is 15.0 Å². The van der Waals surface area contributed by atoms with Gasteiger partial charge in [-0.2, -0.15) is 0 Å². The molecule has 1 saturated heterocycles. The molecule has 1 aliphatic heterocycles. The van der Waals surface area contributed by atoms with Crippen molar-refractivity contribution in [3.05, 3.63) is 100 Å². The van der Waals surface area contributed by atoms with Gasteiger partial charge in [0.2, 0.25) is 11.8 Å². The summed E-state index contributed by atoms with van der Waals surface area (Å²) in [4.78, 5) is 43.3. The van der Waals surface area contributed by atoms with Crippen molar-refractivity contribution in [1.29, 1.82) is 0 Å². The van der Waals surface area contributed by atoms with Gasteiger partial charge in [0, 0.05) is 18.0 Å². The summed E-state index contributed by atoms with van der Waals surface area (Å²) in [6, 6.07) is 18.5. The first-order chi connectivity index (χ1) is 18.8. The molecule has 0 spiro atoms. The van der Waals surface area contributed by atoms with Crippen LogP contribution < -0.4 is 10.1 Å². The Bertz CT molecular complexity index is 1370. The smallest absolute Gasteiger partial charge is 0.243 e. The van der Waals surface area contributed by atoms with Crippen LogP contribution in [0.4, 0.5) is 4.39 Å². The molecule has 3 aromatic carbocycles. The molecule has 2 aliphatic rings. The number of halogens is 2. The number of hydrogen-bond donors (Lipinski definition) is 1. The largest absolute Gasteiger partial charge is 0.497 e. The summed E-state index contributed by atoms with van der Waals surface area (Å²) in [5.74, 6) is -1.78. The van der Waals surface area contributed by atoms with E-state index in [2.05, 4.69) is 5.32 Å². The van der Waals surface area contributed by atoms with Crippen molar-refractivity contribution in [3.63, 3.8) is 0 Å². The van der Waals surface area contributed by atoms with Crippen LogP contribution in [0.15, 0.2) is 72.8 Å². The molecule has 0 radical (unpaired) electrons. The minimum Gasteiger partial charge on any atom is -0.497 e. The van der Waals surface area contributed by atoms with Gasteiger partial charge in [0.15, 0.2) is 5.78 Å². The van der Waals surface area contributed by atoms with Crippen LogP contribution in [0, 0.1) is 23.6 Å². The topological polar surface area (TPSA) is 75.7 Å². The van der Waals surface area contributed by atoms with Crippen molar-refractivity contribution in [2.24, 2.45) is 17.8 Å². The normalized spacial score (nSPS) is 22.4. The molecule has 1 saturated carbocycles. The number of nitrogens with zero attached hydrogens (tertiary/aromatic N) is 1. The quantitative estimate of drug-likeness (QED) is 0.372. The summed E-state index contributed by atoms with van der Waals surface area (Å²) in [6.07, 6.45) is 1.51. The number of rotatable bonds is 8. The van der Waals surface area contributed by atoms with Crippen LogP contribution in [0.3, 0.4) is 0 Å². The molecule has 202 valence electrons. The second-order valence-electron chi connectivity index (χ2n) is 10.3. The summed E-state index contributed by atoms with van der Waals surface area (Å²) >= 11 is 6.44. The van der Waals surface area contributed by atoms with Crippen molar-refractivity contribution in [2.45, 2.75) is 38.4 Å². The number of carbonyl (C=O) groups is 3. The third-order valence-electron chi connectivity index (χ3n) is 7.73. The van der Waals surface area contributed by atoms with E-state index in [-0.39, 0.29) is 35.9 Å². The van der Waals surface area contributed by atoms with E-state index in [0.29, 0.717) is 16.3 Å². The van der Waals surface area contributed by atoms with E-state index in [1.54, 1.807) is 60.5 Å². The zero-order valence-corrected chi connectivity index (χ0v) is 22.5. The number of methoxy groups -OCH3 is 1. The Morgan fingerprint density at radius 2 is 1.67 bits per heavy atom. The van der Waals surface area contributed by atoms with Crippen LogP contribution in [-0.2, 0) is 16.1 Å². The maximum absolute atomic E-state index is 14.1. The first-order valence-electron chi connectivity index (χ1n) is 13.1. The molecule has 3 aromatic rings. The summed E-state index contributed by atoms with van der Waals surface area (Å²) in [5.41, 5.74) is 1.84. The lowest BCUT2D eigenvalue weighted by atomic mass is 9.80. The van der Waals surface area contributed by atoms with E-state index in [1.807, 2.05) is 19.1 Å². The highest BCUT2D eigenvalue weighted by Crippen LogP contribution is 2.49. The second kappa shape index (κ2) is 11.2. The number of ketones is 1. The Balaban J connectivity index is 1.55. The highest BCUT2D eigenvalue weighted by atomic mass is 35.5. The molecule has 39 heavy (non-hydrogen) atoms. The van der Waals surface area contributed by atoms with Crippen LogP contribution in [0.25, 0.3) is 0 Å². The lowest BCUT2D eigenvalue weighted by Crippen LogP contribution is -2.49. The lowest BCUT2D eigenvalue weighted by molar-refractivity contribution is -0.142. The molecule has 1 heterocycles. The van der Waals surface area contributed by atoms with E-state index >= 15 is 0 Å². The fraction of sp³-hybridized carbons (Fsp3) is 0.323. The molecule has 8 heteroatoms. The van der Waals surface area contributed by atoms with Crippen LogP contribution in [0.2, 0.25) is 5.02 Å². The van der Waals surface area contributed by atoms with Crippen molar-refractivity contribution >= 4 is 29.2 Å². The van der Waals surface area contributed by atoms with Crippen LogP contribution >= 0.6 is 11.6 Å². The van der Waals surface area contributed by atoms with E-state index in [0.717, 1.165) is 24.0 Å². The van der Waals surface area contributed by atoms with Crippen molar-refractivity contribution in [1.82, 2.24) is 10.2 Å². The number of Topliss-reactive ketones (excluding diaryl/α,β-unsaturated/α-hetero) is 1. The fourth-order valence-electron chi connectivity index (χ4n) is 5.55. The summed E-state index contributed by atoms with van der Waals surface area (Å²) < 4.78 is 18.7. The monoisotopic (exact) mass is 548 g/mol. The number of ether oxygens (including phenoxy) is 1. The molecule has 1 aliphatic carbocycles. The van der Waals surface area contributed by atoms with Crippen molar-refractivity contribution in [2.75, 3.05) is 7.11 Å². The summed E-state index contributed by atoms with van der Waals surface area (Å²) in [5, 5.41) is 3.25. The maximum Gasteiger partial charge on any atom is 0.243 e. The second-order valence-corrected chi connectivity index (χ2v) is 10.7. The third-order valence-corrected chi connectivity index (χ3v) is 8.06. The first kappa shape index (κ1) is 26.9. The molecule has 0 bridgehead atoms. The fourth-order valence-corrected chi connectivity index (χ4v) is 5.78. The molecule has 2 amide bonds. The van der Waals surface area contributed by atoms with Crippen LogP contribution in [0.5, 0.6) is 5.75 Å². The van der Waals surface area contributed by atoms with Gasteiger partial charge in [-0.1, -0.05) is 54.9 Å². The first-order valence-corrected chi connectivity index (χ1v) is 13.4. The molecular formula is C31H30ClFN2O4. The predicted octanol–water partition coefficient (Wildman–Crippen LogP) is 5.60. The van der Waals surface area contributed by atoms with Gasteiger partial charge in [-0.25, -0.2) is 4.39 Å². The average molecular weight is 549 g/mol. The summed E-state index contributed by atoms with van der Waals surface area (Å²) in [7, 11) is 1.57. The molecule has 0 aromatic heterocycles. The van der Waals surface area contributed by atoms with E-state index < -0.39 is 23.9 Å². The minimum atomic E-state index is -0.873. The molecule has 4 unspecified atom stereocenters. The SMILES string of the molecule is COc1ccc(C2C(C(=O)c3ccccc3Cl)C(C)C(C(=O)NCc3ccc(F)cc3)N2C(=O)C2CC2)cc1. The van der Waals surface area contributed by atoms with Crippen LogP contribution in [-0.4, -0.2) is 35.6 Å². The number of hydrogen-bond acceptors (Lipinski definition) is 4. The zero-order valence-electron chi connectivity index (χ0n) is 21.8. The number of nitrogens with one attached hydrogen (secondary N) is 1. The van der Waals surface area contributed by atoms with E-state index in [4.69, 9.17) is 16.3 Å². The Hall–Kier alpha value is -3.71. The maximum atomic E-state index is 14.1. The Labute approximate surface area is 232 Å². The lowest BCUT2D eigenvalue weighted by Gasteiger charge is -2.32. The number of amides is 2. The zero-order chi connectivity index (χ0) is 27.7. The van der Waals surface area contributed by atoms with Gasteiger partial charge in [-0.3, -0.25) is 14.4 Å². The third kappa shape index (κ3) is 5.41. The van der Waals surface area contributed by atoms with Gasteiger partial charge >= 0.3 is 0 Å². The van der Waals surface area contributed by atoms with Crippen LogP contribution in [0.1, 0.15) is 47.3 Å². The van der Waals surface area contributed by atoms with Gasteiger partial charge in [0.05, 0.1) is 24.1 Å². The minimum absolute atomic E-state index is 0.126. The van der Waals surface area contributed by atoms with Gasteiger partial charge in [-0.15, -0.1) is 0 Å². The predicted molar refractivity (Wildman–Crippen MR) is 146 cm³/mol. The Morgan fingerprint density at radius 1 is 1.00 bits per heavy atom. The standard InChI is InChI=1S/C31H30ClFN2O4/c1-18-26(29(36)24-5-3-4-6-25(24)32)28(20-11-15-23(39-2)16-12-20)35(31(38)21-9-10-21)27(18)30(37)34-17-19-7-13-22(33)14-8-19/h3-8,11-16,18,21,26-28H,9-10,17H2,1-2H3,(H,34,37). The van der Waals surface area contributed by atoms with Crippen molar-refractivity contribution < 1.29 is 23.5 Å². The highest BCUT2D eigenvalue weighted by molar-refractivity contribution is 6.34. The highest BCUT2D eigenvalue weighted by Gasteiger charge is 2.56. The van der Waals surface area contributed by atoms with Gasteiger partial charge in [-0.05, 0) is 66.3 Å². The number of likely N-dealkylation sites (tertiary alicyclic amines) is 1. The van der Waals surface area contributed by atoms with E-state index in [9.17, 15) is 18.8 Å². The van der Waals surface area contributed by atoms with Crippen molar-refractivity contribution in [3.8, 4) is 5.75 Å². The molecule has 5 rings (SSSR count). The summed E-state index contributed by atoms with van der Waals surface area (Å²) in [6.45, 7) is 2.02.